The molecule has 0 unspecified atom stereocenters. The molecule has 1 amide bonds. The summed E-state index contributed by atoms with van der Waals surface area (Å²) in [7, 11) is 0. The molecule has 0 aliphatic heterocycles. The summed E-state index contributed by atoms with van der Waals surface area (Å²) in [5.41, 5.74) is 0.833. The van der Waals surface area contributed by atoms with Crippen molar-refractivity contribution in [2.45, 2.75) is 45.6 Å². The van der Waals surface area contributed by atoms with E-state index in [9.17, 15) is 9.59 Å². The Morgan fingerprint density at radius 2 is 2.00 bits per heavy atom. The second kappa shape index (κ2) is 8.92. The number of hydrogen-bond donors (Lipinski definition) is 1. The third-order valence-corrected chi connectivity index (χ3v) is 4.54. The summed E-state index contributed by atoms with van der Waals surface area (Å²) < 4.78 is 10.4. The van der Waals surface area contributed by atoms with Gasteiger partial charge in [0.05, 0.1) is 0 Å². The van der Waals surface area contributed by atoms with Gasteiger partial charge in [0.2, 0.25) is 0 Å². The van der Waals surface area contributed by atoms with Crippen LogP contribution in [-0.4, -0.2) is 31.1 Å². The van der Waals surface area contributed by atoms with E-state index in [2.05, 4.69) is 12.2 Å². The lowest BCUT2D eigenvalue weighted by Crippen LogP contribution is -2.43. The molecule has 0 heterocycles. The smallest absolute Gasteiger partial charge is 0.344 e. The van der Waals surface area contributed by atoms with Crippen LogP contribution in [0.2, 0.25) is 5.02 Å². The quantitative estimate of drug-likeness (QED) is 0.797. The number of nitrogens with one attached hydrogen (secondary N) is 1. The van der Waals surface area contributed by atoms with Gasteiger partial charge in [-0.1, -0.05) is 31.4 Å². The average molecular weight is 354 g/mol. The predicted octanol–water partition coefficient (Wildman–Crippen LogP) is 3.27. The standard InChI is InChI=1S/C18H24ClNO4/c1-12-5-3-4-6-15(12)20-17(21)10-24-18(22)11-23-16-8-7-14(19)9-13(16)2/h7-9,12,15H,3-6,10-11H2,1-2H3,(H,20,21)/t12-,15-/m0/s1. The van der Waals surface area contributed by atoms with E-state index in [4.69, 9.17) is 21.1 Å². The molecule has 0 saturated heterocycles. The van der Waals surface area contributed by atoms with Crippen LogP contribution in [0.15, 0.2) is 18.2 Å². The van der Waals surface area contributed by atoms with Crippen LogP contribution in [0, 0.1) is 12.8 Å². The zero-order chi connectivity index (χ0) is 17.5. The van der Waals surface area contributed by atoms with Crippen LogP contribution in [0.25, 0.3) is 0 Å². The molecular formula is C18H24ClNO4. The number of hydrogen-bond acceptors (Lipinski definition) is 4. The van der Waals surface area contributed by atoms with Crippen LogP contribution < -0.4 is 10.1 Å². The first-order valence-electron chi connectivity index (χ1n) is 8.29. The topological polar surface area (TPSA) is 64.6 Å². The molecule has 0 bridgehead atoms. The highest BCUT2D eigenvalue weighted by Crippen LogP contribution is 2.23. The lowest BCUT2D eigenvalue weighted by atomic mass is 9.86. The number of carbonyl (C=O) groups excluding carboxylic acids is 2. The summed E-state index contributed by atoms with van der Waals surface area (Å²) in [6, 6.07) is 5.31. The fourth-order valence-electron chi connectivity index (χ4n) is 2.88. The van der Waals surface area contributed by atoms with Gasteiger partial charge in [0, 0.05) is 11.1 Å². The number of ether oxygens (including phenoxy) is 2. The molecule has 1 N–H and O–H groups in total. The largest absolute Gasteiger partial charge is 0.482 e. The Kier molecular flexibility index (Phi) is 6.91. The molecule has 1 aliphatic carbocycles. The van der Waals surface area contributed by atoms with E-state index in [1.165, 1.54) is 6.42 Å². The molecule has 24 heavy (non-hydrogen) atoms. The van der Waals surface area contributed by atoms with Crippen molar-refractivity contribution in [3.63, 3.8) is 0 Å². The molecule has 1 fully saturated rings. The molecule has 0 spiro atoms. The van der Waals surface area contributed by atoms with Crippen molar-refractivity contribution in [2.24, 2.45) is 5.92 Å². The second-order valence-electron chi connectivity index (χ2n) is 6.29. The predicted molar refractivity (Wildman–Crippen MR) is 92.2 cm³/mol. The molecule has 1 aliphatic rings. The lowest BCUT2D eigenvalue weighted by molar-refractivity contribution is -0.150. The van der Waals surface area contributed by atoms with Gasteiger partial charge >= 0.3 is 5.97 Å². The molecule has 1 saturated carbocycles. The van der Waals surface area contributed by atoms with Gasteiger partial charge in [-0.3, -0.25) is 4.79 Å². The van der Waals surface area contributed by atoms with E-state index in [0.29, 0.717) is 16.7 Å². The fourth-order valence-corrected chi connectivity index (χ4v) is 3.10. The van der Waals surface area contributed by atoms with Gasteiger partial charge in [-0.2, -0.15) is 0 Å². The highest BCUT2D eigenvalue weighted by Gasteiger charge is 2.23. The van der Waals surface area contributed by atoms with E-state index in [0.717, 1.165) is 24.8 Å². The Labute approximate surface area is 147 Å². The van der Waals surface area contributed by atoms with Gasteiger partial charge < -0.3 is 14.8 Å². The lowest BCUT2D eigenvalue weighted by Gasteiger charge is -2.29. The second-order valence-corrected chi connectivity index (χ2v) is 6.73. The summed E-state index contributed by atoms with van der Waals surface area (Å²) >= 11 is 5.86. The molecule has 1 aromatic carbocycles. The van der Waals surface area contributed by atoms with Crippen molar-refractivity contribution >= 4 is 23.5 Å². The number of rotatable bonds is 6. The molecule has 132 valence electrons. The molecule has 2 rings (SSSR count). The zero-order valence-corrected chi connectivity index (χ0v) is 14.9. The number of amides is 1. The van der Waals surface area contributed by atoms with Gasteiger partial charge in [0.25, 0.3) is 5.91 Å². The summed E-state index contributed by atoms with van der Waals surface area (Å²) in [4.78, 5) is 23.6. The summed E-state index contributed by atoms with van der Waals surface area (Å²) in [5.74, 6) is 0.201. The number of esters is 1. The van der Waals surface area contributed by atoms with Gasteiger partial charge in [0.1, 0.15) is 5.75 Å². The van der Waals surface area contributed by atoms with Crippen LogP contribution in [0.4, 0.5) is 0 Å². The molecule has 0 radical (unpaired) electrons. The minimum absolute atomic E-state index is 0.179. The normalized spacial score (nSPS) is 20.3. The van der Waals surface area contributed by atoms with Crippen molar-refractivity contribution in [1.82, 2.24) is 5.32 Å². The van der Waals surface area contributed by atoms with Crippen molar-refractivity contribution < 1.29 is 19.1 Å². The highest BCUT2D eigenvalue weighted by molar-refractivity contribution is 6.30. The number of benzene rings is 1. The maximum absolute atomic E-state index is 11.9. The van der Waals surface area contributed by atoms with E-state index >= 15 is 0 Å². The molecule has 2 atom stereocenters. The van der Waals surface area contributed by atoms with Crippen molar-refractivity contribution in [3.05, 3.63) is 28.8 Å². The Hall–Kier alpha value is -1.75. The minimum atomic E-state index is -0.573. The fraction of sp³-hybridized carbons (Fsp3) is 0.556. The Balaban J connectivity index is 1.69. The molecule has 0 aromatic heterocycles. The van der Waals surface area contributed by atoms with E-state index in [1.54, 1.807) is 18.2 Å². The summed E-state index contributed by atoms with van der Waals surface area (Å²) in [5, 5.41) is 3.55. The van der Waals surface area contributed by atoms with Crippen molar-refractivity contribution in [1.29, 1.82) is 0 Å². The van der Waals surface area contributed by atoms with Crippen molar-refractivity contribution in [2.75, 3.05) is 13.2 Å². The molecule has 1 aromatic rings. The van der Waals surface area contributed by atoms with E-state index in [1.807, 2.05) is 6.92 Å². The Bertz CT molecular complexity index is 590. The van der Waals surface area contributed by atoms with Crippen LogP contribution in [0.3, 0.4) is 0 Å². The van der Waals surface area contributed by atoms with E-state index < -0.39 is 5.97 Å². The summed E-state index contributed by atoms with van der Waals surface area (Å²) in [6.07, 6.45) is 4.45. The Morgan fingerprint density at radius 1 is 1.25 bits per heavy atom. The first kappa shape index (κ1) is 18.6. The Morgan fingerprint density at radius 3 is 2.71 bits per heavy atom. The SMILES string of the molecule is Cc1cc(Cl)ccc1OCC(=O)OCC(=O)N[C@H]1CCCC[C@@H]1C. The first-order chi connectivity index (χ1) is 11.5. The number of halogens is 1. The van der Waals surface area contributed by atoms with E-state index in [-0.39, 0.29) is 25.2 Å². The maximum Gasteiger partial charge on any atom is 0.344 e. The van der Waals surface area contributed by atoms with Gasteiger partial charge in [-0.15, -0.1) is 0 Å². The minimum Gasteiger partial charge on any atom is -0.482 e. The van der Waals surface area contributed by atoms with Crippen LogP contribution in [0.1, 0.15) is 38.2 Å². The monoisotopic (exact) mass is 353 g/mol. The zero-order valence-electron chi connectivity index (χ0n) is 14.1. The first-order valence-corrected chi connectivity index (χ1v) is 8.67. The van der Waals surface area contributed by atoms with Crippen LogP contribution >= 0.6 is 11.6 Å². The summed E-state index contributed by atoms with van der Waals surface area (Å²) in [6.45, 7) is 3.46. The average Bonchev–Trinajstić information content (AvgIpc) is 2.54. The molecule has 5 nitrogen and oxygen atoms in total. The van der Waals surface area contributed by atoms with Gasteiger partial charge in [0.15, 0.2) is 13.2 Å². The third-order valence-electron chi connectivity index (χ3n) is 4.30. The van der Waals surface area contributed by atoms with Crippen molar-refractivity contribution in [3.8, 4) is 5.75 Å². The molecule has 6 heteroatoms. The highest BCUT2D eigenvalue weighted by atomic mass is 35.5. The maximum atomic E-state index is 11.9. The number of aryl methyl sites for hydroxylation is 1. The van der Waals surface area contributed by atoms with Gasteiger partial charge in [-0.25, -0.2) is 4.79 Å². The third kappa shape index (κ3) is 5.71. The molecular weight excluding hydrogens is 330 g/mol. The number of carbonyl (C=O) groups is 2. The van der Waals surface area contributed by atoms with Crippen LogP contribution in [-0.2, 0) is 14.3 Å². The van der Waals surface area contributed by atoms with Gasteiger partial charge in [-0.05, 0) is 49.4 Å². The van der Waals surface area contributed by atoms with Crippen LogP contribution in [0.5, 0.6) is 5.75 Å².